The van der Waals surface area contributed by atoms with Crippen LogP contribution in [0.3, 0.4) is 0 Å². The second-order valence-electron chi connectivity index (χ2n) is 9.51. The van der Waals surface area contributed by atoms with Crippen LogP contribution in [0.4, 0.5) is 10.5 Å². The third-order valence-electron chi connectivity index (χ3n) is 6.61. The summed E-state index contributed by atoms with van der Waals surface area (Å²) in [6, 6.07) is 19.4. The molecule has 4 rings (SSSR count). The normalized spacial score (nSPS) is 15.2. The van der Waals surface area contributed by atoms with E-state index in [0.717, 1.165) is 22.6 Å². The summed E-state index contributed by atoms with van der Waals surface area (Å²) in [6.45, 7) is 9.10. The minimum atomic E-state index is -0.787. The highest BCUT2D eigenvalue weighted by Crippen LogP contribution is 2.30. The van der Waals surface area contributed by atoms with Crippen LogP contribution in [0.15, 0.2) is 72.3 Å². The molecule has 0 radical (unpaired) electrons. The number of urea groups is 1. The number of amides is 4. The number of hydrogen-bond acceptors (Lipinski definition) is 6. The maximum Gasteiger partial charge on any atom is 0.335 e. The quantitative estimate of drug-likeness (QED) is 0.181. The third-order valence-corrected chi connectivity index (χ3v) is 6.61. The van der Waals surface area contributed by atoms with Crippen molar-refractivity contribution in [3.05, 3.63) is 89.0 Å². The van der Waals surface area contributed by atoms with Crippen molar-refractivity contribution in [2.75, 3.05) is 24.7 Å². The number of rotatable bonds is 11. The van der Waals surface area contributed by atoms with Gasteiger partial charge in [0.2, 0.25) is 0 Å². The highest BCUT2D eigenvalue weighted by atomic mass is 16.5. The lowest BCUT2D eigenvalue weighted by atomic mass is 9.99. The second-order valence-corrected chi connectivity index (χ2v) is 9.51. The molecular formula is C32H34N2O6. The summed E-state index contributed by atoms with van der Waals surface area (Å²) < 4.78 is 17.5. The summed E-state index contributed by atoms with van der Waals surface area (Å²) in [5.41, 5.74) is 2.93. The smallest absolute Gasteiger partial charge is 0.335 e. The number of nitrogens with zero attached hydrogens (tertiary/aromatic N) is 1. The Bertz CT molecular complexity index is 1410. The lowest BCUT2D eigenvalue weighted by Gasteiger charge is -2.26. The first-order valence-electron chi connectivity index (χ1n) is 13.4. The molecule has 0 spiro atoms. The highest BCUT2D eigenvalue weighted by molar-refractivity contribution is 6.39. The molecule has 1 fully saturated rings. The van der Waals surface area contributed by atoms with Crippen molar-refractivity contribution in [2.45, 2.75) is 40.0 Å². The Labute approximate surface area is 234 Å². The third kappa shape index (κ3) is 6.69. The molecule has 0 aliphatic carbocycles. The van der Waals surface area contributed by atoms with E-state index in [1.54, 1.807) is 36.4 Å². The van der Waals surface area contributed by atoms with Gasteiger partial charge in [0, 0.05) is 0 Å². The zero-order valence-corrected chi connectivity index (χ0v) is 23.2. The number of carbonyl (C=O) groups excluding carboxylic acids is 3. The fourth-order valence-corrected chi connectivity index (χ4v) is 4.27. The number of hydrogen-bond donors (Lipinski definition) is 1. The Kier molecular flexibility index (Phi) is 9.22. The summed E-state index contributed by atoms with van der Waals surface area (Å²) in [5, 5.41) is 2.25. The van der Waals surface area contributed by atoms with Crippen LogP contribution in [0.2, 0.25) is 0 Å². The Balaban J connectivity index is 1.45. The lowest BCUT2D eigenvalue weighted by molar-refractivity contribution is -0.122. The number of ether oxygens (including phenoxy) is 3. The van der Waals surface area contributed by atoms with Gasteiger partial charge in [0.05, 0.1) is 12.3 Å². The van der Waals surface area contributed by atoms with E-state index in [4.69, 9.17) is 14.2 Å². The lowest BCUT2D eigenvalue weighted by Crippen LogP contribution is -2.54. The first-order chi connectivity index (χ1) is 19.3. The average molecular weight is 543 g/mol. The van der Waals surface area contributed by atoms with E-state index in [1.807, 2.05) is 32.0 Å². The molecule has 3 aromatic rings. The molecule has 1 aliphatic rings. The van der Waals surface area contributed by atoms with E-state index in [1.165, 1.54) is 11.6 Å². The SMILES string of the molecule is CCOc1cc(/C=C2\C(=O)NC(=O)N(c3cccc(C)c3)C2=O)ccc1OCCOc1ccc(C(C)CC)cc1. The predicted octanol–water partition coefficient (Wildman–Crippen LogP) is 6.03. The van der Waals surface area contributed by atoms with E-state index in [0.29, 0.717) is 48.5 Å². The molecule has 1 aliphatic heterocycles. The molecule has 1 heterocycles. The van der Waals surface area contributed by atoms with Crippen molar-refractivity contribution in [3.63, 3.8) is 0 Å². The molecule has 0 saturated carbocycles. The first-order valence-corrected chi connectivity index (χ1v) is 13.4. The van der Waals surface area contributed by atoms with Crippen molar-refractivity contribution >= 4 is 29.6 Å². The van der Waals surface area contributed by atoms with Gasteiger partial charge in [-0.15, -0.1) is 0 Å². The highest BCUT2D eigenvalue weighted by Gasteiger charge is 2.36. The van der Waals surface area contributed by atoms with Crippen LogP contribution < -0.4 is 24.4 Å². The van der Waals surface area contributed by atoms with E-state index >= 15 is 0 Å². The van der Waals surface area contributed by atoms with Gasteiger partial charge in [-0.3, -0.25) is 14.9 Å². The first kappa shape index (κ1) is 28.4. The summed E-state index contributed by atoms with van der Waals surface area (Å²) in [5.74, 6) is 0.795. The molecule has 1 saturated heterocycles. The van der Waals surface area contributed by atoms with Crippen LogP contribution in [0, 0.1) is 6.92 Å². The van der Waals surface area contributed by atoms with Crippen LogP contribution in [-0.4, -0.2) is 37.7 Å². The molecule has 0 aromatic heterocycles. The van der Waals surface area contributed by atoms with Crippen molar-refractivity contribution < 1.29 is 28.6 Å². The van der Waals surface area contributed by atoms with Gasteiger partial charge in [-0.2, -0.15) is 0 Å². The van der Waals surface area contributed by atoms with E-state index in [2.05, 4.69) is 31.3 Å². The molecule has 1 N–H and O–H groups in total. The second kappa shape index (κ2) is 13.0. The predicted molar refractivity (Wildman–Crippen MR) is 154 cm³/mol. The van der Waals surface area contributed by atoms with Crippen molar-refractivity contribution in [1.29, 1.82) is 0 Å². The monoisotopic (exact) mass is 542 g/mol. The van der Waals surface area contributed by atoms with Crippen LogP contribution in [0.25, 0.3) is 6.08 Å². The van der Waals surface area contributed by atoms with Crippen molar-refractivity contribution in [3.8, 4) is 17.2 Å². The Morgan fingerprint density at radius 2 is 1.62 bits per heavy atom. The van der Waals surface area contributed by atoms with Gasteiger partial charge < -0.3 is 14.2 Å². The van der Waals surface area contributed by atoms with Gasteiger partial charge in [0.25, 0.3) is 11.8 Å². The van der Waals surface area contributed by atoms with Gasteiger partial charge in [0.1, 0.15) is 24.5 Å². The zero-order chi connectivity index (χ0) is 28.6. The van der Waals surface area contributed by atoms with Crippen molar-refractivity contribution in [2.24, 2.45) is 0 Å². The number of anilines is 1. The molecule has 4 amide bonds. The summed E-state index contributed by atoms with van der Waals surface area (Å²) in [6.07, 6.45) is 2.52. The number of barbiturate groups is 1. The number of nitrogens with one attached hydrogen (secondary N) is 1. The van der Waals surface area contributed by atoms with Gasteiger partial charge in [0.15, 0.2) is 11.5 Å². The molecule has 1 atom stereocenters. The minimum Gasteiger partial charge on any atom is -0.490 e. The number of benzene rings is 3. The molecule has 40 heavy (non-hydrogen) atoms. The standard InChI is InChI=1S/C32H34N2O6/c1-5-22(4)24-11-13-26(14-12-24)39-16-17-40-28-15-10-23(20-29(28)38-6-2)19-27-30(35)33-32(37)34(31(27)36)25-9-7-8-21(3)18-25/h7-15,18-20,22H,5-6,16-17H2,1-4H3,(H,33,35,37)/b27-19+. The Morgan fingerprint density at radius 1 is 0.875 bits per heavy atom. The fourth-order valence-electron chi connectivity index (χ4n) is 4.27. The molecule has 208 valence electrons. The number of aryl methyl sites for hydroxylation is 1. The van der Waals surface area contributed by atoms with Gasteiger partial charge in [-0.25, -0.2) is 9.69 Å². The summed E-state index contributed by atoms with van der Waals surface area (Å²) in [7, 11) is 0. The van der Waals surface area contributed by atoms with Gasteiger partial charge in [-0.1, -0.05) is 44.2 Å². The van der Waals surface area contributed by atoms with E-state index in [9.17, 15) is 14.4 Å². The van der Waals surface area contributed by atoms with Gasteiger partial charge in [-0.05, 0) is 85.4 Å². The minimum absolute atomic E-state index is 0.162. The van der Waals surface area contributed by atoms with Crippen LogP contribution in [0.1, 0.15) is 49.8 Å². The largest absolute Gasteiger partial charge is 0.490 e. The molecule has 8 nitrogen and oxygen atoms in total. The summed E-state index contributed by atoms with van der Waals surface area (Å²) >= 11 is 0. The van der Waals surface area contributed by atoms with Crippen molar-refractivity contribution in [1.82, 2.24) is 5.32 Å². The summed E-state index contributed by atoms with van der Waals surface area (Å²) in [4.78, 5) is 39.2. The maximum atomic E-state index is 13.2. The number of carbonyl (C=O) groups is 3. The fraction of sp³-hybridized carbons (Fsp3) is 0.281. The molecule has 0 bridgehead atoms. The Hall–Kier alpha value is -4.59. The molecule has 1 unspecified atom stereocenters. The molecule has 8 heteroatoms. The Morgan fingerprint density at radius 3 is 2.33 bits per heavy atom. The molecule has 3 aromatic carbocycles. The van der Waals surface area contributed by atoms with E-state index in [-0.39, 0.29) is 5.57 Å². The topological polar surface area (TPSA) is 94.2 Å². The van der Waals surface area contributed by atoms with Gasteiger partial charge >= 0.3 is 6.03 Å². The number of imide groups is 2. The molecular weight excluding hydrogens is 508 g/mol. The van der Waals surface area contributed by atoms with E-state index < -0.39 is 17.8 Å². The zero-order valence-electron chi connectivity index (χ0n) is 23.2. The average Bonchev–Trinajstić information content (AvgIpc) is 2.94. The van der Waals surface area contributed by atoms with Crippen LogP contribution in [-0.2, 0) is 9.59 Å². The van der Waals surface area contributed by atoms with Crippen LogP contribution in [0.5, 0.6) is 17.2 Å². The van der Waals surface area contributed by atoms with Crippen LogP contribution >= 0.6 is 0 Å². The maximum absolute atomic E-state index is 13.2.